The lowest BCUT2D eigenvalue weighted by Crippen LogP contribution is -2.50. The number of carbonyl (C=O) groups is 1. The normalized spacial score (nSPS) is 14.5. The third-order valence-corrected chi connectivity index (χ3v) is 2.77. The quantitative estimate of drug-likeness (QED) is 0.897. The lowest BCUT2D eigenvalue weighted by Gasteiger charge is -2.26. The van der Waals surface area contributed by atoms with Crippen molar-refractivity contribution in [3.8, 4) is 0 Å². The minimum absolute atomic E-state index is 0.328. The Hall–Kier alpha value is -1.26. The molecule has 3 N–H and O–H groups in total. The molecular weight excluding hydrogens is 276 g/mol. The van der Waals surface area contributed by atoms with Gasteiger partial charge < -0.3 is 15.8 Å². The fourth-order valence-electron chi connectivity index (χ4n) is 1.76. The number of amides is 1. The van der Waals surface area contributed by atoms with Crippen molar-refractivity contribution >= 4 is 17.7 Å². The number of halogens is 1. The molecule has 112 valence electrons. The fraction of sp³-hybridized carbons (Fsp3) is 0.533. The van der Waals surface area contributed by atoms with Gasteiger partial charge in [0.1, 0.15) is 5.60 Å². The van der Waals surface area contributed by atoms with E-state index in [0.29, 0.717) is 18.0 Å². The second-order valence-corrected chi connectivity index (χ2v) is 6.75. The summed E-state index contributed by atoms with van der Waals surface area (Å²) in [7, 11) is 0. The fourth-order valence-corrected chi connectivity index (χ4v) is 1.98. The Labute approximate surface area is 125 Å². The Morgan fingerprint density at radius 2 is 2.00 bits per heavy atom. The van der Waals surface area contributed by atoms with Gasteiger partial charge in [0.25, 0.3) is 0 Å². The maximum atomic E-state index is 11.6. The summed E-state index contributed by atoms with van der Waals surface area (Å²) in [6, 6.07) is 7.54. The highest BCUT2D eigenvalue weighted by Gasteiger charge is 2.22. The molecule has 0 aromatic heterocycles. The summed E-state index contributed by atoms with van der Waals surface area (Å²) in [6.07, 6.45) is 0.156. The Bertz CT molecular complexity index is 467. The molecule has 0 saturated carbocycles. The van der Waals surface area contributed by atoms with Crippen molar-refractivity contribution in [2.24, 2.45) is 5.73 Å². The van der Waals surface area contributed by atoms with Crippen LogP contribution in [0.15, 0.2) is 24.3 Å². The van der Waals surface area contributed by atoms with Crippen LogP contribution in [0.5, 0.6) is 0 Å². The average Bonchev–Trinajstić information content (AvgIpc) is 2.23. The molecule has 0 spiro atoms. The molecule has 1 amide bonds. The van der Waals surface area contributed by atoms with E-state index >= 15 is 0 Å². The smallest absolute Gasteiger partial charge is 0.407 e. The summed E-state index contributed by atoms with van der Waals surface area (Å²) in [5.41, 5.74) is 6.15. The van der Waals surface area contributed by atoms with Crippen LogP contribution in [-0.4, -0.2) is 23.8 Å². The molecule has 0 bridgehead atoms. The van der Waals surface area contributed by atoms with E-state index in [2.05, 4.69) is 5.32 Å². The molecule has 1 aromatic carbocycles. The lowest BCUT2D eigenvalue weighted by atomic mass is 9.94. The summed E-state index contributed by atoms with van der Waals surface area (Å²) in [4.78, 5) is 11.6. The van der Waals surface area contributed by atoms with E-state index in [1.807, 2.05) is 52.0 Å². The van der Waals surface area contributed by atoms with Crippen LogP contribution in [0.3, 0.4) is 0 Å². The Morgan fingerprint density at radius 3 is 2.55 bits per heavy atom. The molecule has 0 heterocycles. The Kier molecular flexibility index (Phi) is 5.42. The van der Waals surface area contributed by atoms with Gasteiger partial charge in [-0.2, -0.15) is 0 Å². The van der Waals surface area contributed by atoms with Gasteiger partial charge in [0.15, 0.2) is 0 Å². The molecule has 0 aliphatic heterocycles. The lowest BCUT2D eigenvalue weighted by molar-refractivity contribution is 0.0516. The zero-order valence-corrected chi connectivity index (χ0v) is 13.3. The largest absolute Gasteiger partial charge is 0.444 e. The summed E-state index contributed by atoms with van der Waals surface area (Å²) in [5.74, 6) is 0. The van der Waals surface area contributed by atoms with E-state index in [1.54, 1.807) is 0 Å². The van der Waals surface area contributed by atoms with E-state index in [4.69, 9.17) is 22.1 Å². The van der Waals surface area contributed by atoms with Crippen LogP contribution >= 0.6 is 11.6 Å². The number of hydrogen-bond acceptors (Lipinski definition) is 3. The van der Waals surface area contributed by atoms with Gasteiger partial charge in [0.05, 0.1) is 0 Å². The number of carbonyl (C=O) groups excluding carboxylic acids is 1. The Balaban J connectivity index is 2.51. The first-order valence-electron chi connectivity index (χ1n) is 6.58. The van der Waals surface area contributed by atoms with Crippen LogP contribution in [0.4, 0.5) is 4.79 Å². The first-order valence-corrected chi connectivity index (χ1v) is 6.95. The van der Waals surface area contributed by atoms with Gasteiger partial charge in [0.2, 0.25) is 0 Å². The second kappa shape index (κ2) is 6.46. The minimum atomic E-state index is -0.568. The number of ether oxygens (including phenoxy) is 1. The first-order chi connectivity index (χ1) is 9.07. The number of nitrogens with one attached hydrogen (secondary N) is 1. The van der Waals surface area contributed by atoms with E-state index in [0.717, 1.165) is 5.56 Å². The van der Waals surface area contributed by atoms with Gasteiger partial charge in [0, 0.05) is 17.1 Å². The van der Waals surface area contributed by atoms with E-state index in [-0.39, 0.29) is 0 Å². The van der Waals surface area contributed by atoms with Crippen molar-refractivity contribution in [2.75, 3.05) is 6.54 Å². The number of rotatable bonds is 4. The number of alkyl carbamates (subject to hydrolysis) is 1. The number of hydrogen-bond donors (Lipinski definition) is 2. The molecule has 1 unspecified atom stereocenters. The van der Waals surface area contributed by atoms with E-state index in [9.17, 15) is 4.79 Å². The monoisotopic (exact) mass is 298 g/mol. The molecule has 1 atom stereocenters. The molecular formula is C15H23ClN2O2. The van der Waals surface area contributed by atoms with Crippen LogP contribution in [0.1, 0.15) is 33.3 Å². The summed E-state index contributed by atoms with van der Waals surface area (Å²) < 4.78 is 5.18. The van der Waals surface area contributed by atoms with Crippen molar-refractivity contribution in [3.63, 3.8) is 0 Å². The SMILES string of the molecule is CC(N)(CNC(=O)OC(C)(C)C)Cc1cccc(Cl)c1. The molecule has 20 heavy (non-hydrogen) atoms. The number of nitrogens with two attached hydrogens (primary N) is 1. The molecule has 1 aromatic rings. The predicted molar refractivity (Wildman–Crippen MR) is 82.0 cm³/mol. The standard InChI is InChI=1S/C15H23ClN2O2/c1-14(2,3)20-13(19)18-10-15(4,17)9-11-6-5-7-12(16)8-11/h5-8H,9-10,17H2,1-4H3,(H,18,19). The van der Waals surface area contributed by atoms with Gasteiger partial charge in [-0.1, -0.05) is 23.7 Å². The molecule has 4 nitrogen and oxygen atoms in total. The van der Waals surface area contributed by atoms with Crippen molar-refractivity contribution in [1.29, 1.82) is 0 Å². The number of benzene rings is 1. The van der Waals surface area contributed by atoms with Gasteiger partial charge in [-0.15, -0.1) is 0 Å². The van der Waals surface area contributed by atoms with Gasteiger partial charge in [-0.3, -0.25) is 0 Å². The van der Waals surface area contributed by atoms with E-state index < -0.39 is 17.2 Å². The molecule has 5 heteroatoms. The Morgan fingerprint density at radius 1 is 1.35 bits per heavy atom. The average molecular weight is 299 g/mol. The summed E-state index contributed by atoms with van der Waals surface area (Å²) >= 11 is 5.94. The molecule has 0 fully saturated rings. The highest BCUT2D eigenvalue weighted by atomic mass is 35.5. The predicted octanol–water partition coefficient (Wildman–Crippen LogP) is 3.12. The van der Waals surface area contributed by atoms with E-state index in [1.165, 1.54) is 0 Å². The van der Waals surface area contributed by atoms with Crippen LogP contribution in [0, 0.1) is 0 Å². The first kappa shape index (κ1) is 16.8. The third kappa shape index (κ3) is 6.78. The zero-order valence-electron chi connectivity index (χ0n) is 12.5. The van der Waals surface area contributed by atoms with Crippen LogP contribution in [0.2, 0.25) is 5.02 Å². The van der Waals surface area contributed by atoms with Crippen LogP contribution in [-0.2, 0) is 11.2 Å². The van der Waals surface area contributed by atoms with Crippen molar-refractivity contribution in [1.82, 2.24) is 5.32 Å². The van der Waals surface area contributed by atoms with Crippen LogP contribution < -0.4 is 11.1 Å². The zero-order chi connectivity index (χ0) is 15.4. The molecule has 1 rings (SSSR count). The molecule has 0 radical (unpaired) electrons. The van der Waals surface area contributed by atoms with Gasteiger partial charge >= 0.3 is 6.09 Å². The highest BCUT2D eigenvalue weighted by Crippen LogP contribution is 2.15. The summed E-state index contributed by atoms with van der Waals surface area (Å²) in [6.45, 7) is 7.67. The van der Waals surface area contributed by atoms with Crippen molar-refractivity contribution < 1.29 is 9.53 Å². The topological polar surface area (TPSA) is 64.3 Å². The van der Waals surface area contributed by atoms with Gasteiger partial charge in [-0.25, -0.2) is 4.79 Å². The second-order valence-electron chi connectivity index (χ2n) is 6.32. The minimum Gasteiger partial charge on any atom is -0.444 e. The highest BCUT2D eigenvalue weighted by molar-refractivity contribution is 6.30. The third-order valence-electron chi connectivity index (χ3n) is 2.53. The molecule has 0 aliphatic carbocycles. The maximum Gasteiger partial charge on any atom is 0.407 e. The van der Waals surface area contributed by atoms with Crippen LogP contribution in [0.25, 0.3) is 0 Å². The van der Waals surface area contributed by atoms with Gasteiger partial charge in [-0.05, 0) is 51.8 Å². The molecule has 0 aliphatic rings. The van der Waals surface area contributed by atoms with Crippen molar-refractivity contribution in [2.45, 2.75) is 45.3 Å². The summed E-state index contributed by atoms with van der Waals surface area (Å²) in [5, 5.41) is 3.37. The maximum absolute atomic E-state index is 11.6. The molecule has 0 saturated heterocycles. The van der Waals surface area contributed by atoms with Crippen molar-refractivity contribution in [3.05, 3.63) is 34.9 Å².